The zero-order valence-corrected chi connectivity index (χ0v) is 9.76. The molecule has 0 saturated carbocycles. The van der Waals surface area contributed by atoms with Crippen LogP contribution in [0.25, 0.3) is 0 Å². The van der Waals surface area contributed by atoms with Gasteiger partial charge in [-0.2, -0.15) is 0 Å². The van der Waals surface area contributed by atoms with Crippen molar-refractivity contribution in [3.05, 3.63) is 0 Å². The van der Waals surface area contributed by atoms with E-state index in [4.69, 9.17) is 0 Å². The van der Waals surface area contributed by atoms with Crippen LogP contribution in [0.15, 0.2) is 0 Å². The minimum atomic E-state index is -0.413. The molecule has 1 unspecified atom stereocenters. The fourth-order valence-electron chi connectivity index (χ4n) is 2.17. The van der Waals surface area contributed by atoms with E-state index in [1.165, 1.54) is 38.6 Å². The van der Waals surface area contributed by atoms with Crippen molar-refractivity contribution in [3.8, 4) is 0 Å². The van der Waals surface area contributed by atoms with Crippen molar-refractivity contribution in [1.82, 2.24) is 4.90 Å². The molecule has 1 heterocycles. The van der Waals surface area contributed by atoms with Crippen LogP contribution < -0.4 is 0 Å². The highest BCUT2D eigenvalue weighted by Gasteiger charge is 2.30. The van der Waals surface area contributed by atoms with E-state index in [9.17, 15) is 5.11 Å². The monoisotopic (exact) mass is 199 g/mol. The minimum absolute atomic E-state index is 0.413. The van der Waals surface area contributed by atoms with Crippen molar-refractivity contribution in [2.45, 2.75) is 58.0 Å². The van der Waals surface area contributed by atoms with E-state index in [0.717, 1.165) is 19.5 Å². The molecule has 1 saturated heterocycles. The second-order valence-corrected chi connectivity index (χ2v) is 4.94. The standard InChI is InChI=1S/C12H25NO/c1-3-4-5-6-7-9-13-10-8-12(2,14)11-13/h14H,3-11H2,1-2H3. The van der Waals surface area contributed by atoms with E-state index < -0.39 is 5.60 Å². The molecule has 2 heteroatoms. The maximum absolute atomic E-state index is 9.76. The highest BCUT2D eigenvalue weighted by molar-refractivity contribution is 4.85. The smallest absolute Gasteiger partial charge is 0.0758 e. The Hall–Kier alpha value is -0.0800. The Balaban J connectivity index is 1.98. The fourth-order valence-corrected chi connectivity index (χ4v) is 2.17. The number of aliphatic hydroxyl groups is 1. The van der Waals surface area contributed by atoms with Gasteiger partial charge in [0, 0.05) is 13.1 Å². The Kier molecular flexibility index (Phi) is 4.90. The van der Waals surface area contributed by atoms with Crippen LogP contribution in [0.5, 0.6) is 0 Å². The highest BCUT2D eigenvalue weighted by atomic mass is 16.3. The van der Waals surface area contributed by atoms with Gasteiger partial charge in [-0.15, -0.1) is 0 Å². The first-order valence-corrected chi connectivity index (χ1v) is 6.09. The molecule has 2 nitrogen and oxygen atoms in total. The molecule has 1 aliphatic heterocycles. The first-order valence-electron chi connectivity index (χ1n) is 6.09. The fraction of sp³-hybridized carbons (Fsp3) is 1.00. The number of rotatable bonds is 6. The van der Waals surface area contributed by atoms with Gasteiger partial charge in [-0.1, -0.05) is 32.6 Å². The predicted molar refractivity (Wildman–Crippen MR) is 60.4 cm³/mol. The van der Waals surface area contributed by atoms with Crippen molar-refractivity contribution in [3.63, 3.8) is 0 Å². The van der Waals surface area contributed by atoms with Crippen LogP contribution in [0.1, 0.15) is 52.4 Å². The van der Waals surface area contributed by atoms with Gasteiger partial charge in [0.15, 0.2) is 0 Å². The summed E-state index contributed by atoms with van der Waals surface area (Å²) in [5, 5.41) is 9.76. The van der Waals surface area contributed by atoms with E-state index in [-0.39, 0.29) is 0 Å². The lowest BCUT2D eigenvalue weighted by Gasteiger charge is -2.18. The zero-order valence-electron chi connectivity index (χ0n) is 9.76. The molecule has 0 radical (unpaired) electrons. The van der Waals surface area contributed by atoms with Gasteiger partial charge in [-0.3, -0.25) is 0 Å². The average molecular weight is 199 g/mol. The van der Waals surface area contributed by atoms with E-state index in [2.05, 4.69) is 11.8 Å². The molecule has 0 aromatic heterocycles. The lowest BCUT2D eigenvalue weighted by molar-refractivity contribution is 0.0686. The van der Waals surface area contributed by atoms with Crippen LogP contribution in [-0.4, -0.2) is 35.2 Å². The number of nitrogens with zero attached hydrogens (tertiary/aromatic N) is 1. The number of β-amino-alcohol motifs (C(OH)–C–C–N with tert-alkyl or cyclic N) is 1. The van der Waals surface area contributed by atoms with Crippen molar-refractivity contribution in [1.29, 1.82) is 0 Å². The molecule has 1 rings (SSSR count). The summed E-state index contributed by atoms with van der Waals surface area (Å²) in [5.41, 5.74) is -0.413. The largest absolute Gasteiger partial charge is 0.389 e. The van der Waals surface area contributed by atoms with Gasteiger partial charge in [0.25, 0.3) is 0 Å². The SMILES string of the molecule is CCCCCCCN1CCC(C)(O)C1. The van der Waals surface area contributed by atoms with E-state index >= 15 is 0 Å². The minimum Gasteiger partial charge on any atom is -0.389 e. The Bertz CT molecular complexity index is 156. The lowest BCUT2D eigenvalue weighted by atomic mass is 10.1. The Morgan fingerprint density at radius 1 is 1.21 bits per heavy atom. The third kappa shape index (κ3) is 4.43. The first kappa shape index (κ1) is 12.0. The number of hydrogen-bond acceptors (Lipinski definition) is 2. The molecule has 0 amide bonds. The number of unbranched alkanes of at least 4 members (excludes halogenated alkanes) is 4. The highest BCUT2D eigenvalue weighted by Crippen LogP contribution is 2.20. The molecule has 0 aromatic rings. The number of likely N-dealkylation sites (tertiary alicyclic amines) is 1. The third-order valence-corrected chi connectivity index (χ3v) is 3.11. The summed E-state index contributed by atoms with van der Waals surface area (Å²) in [6.07, 6.45) is 7.67. The maximum Gasteiger partial charge on any atom is 0.0758 e. The van der Waals surface area contributed by atoms with Gasteiger partial charge in [0.2, 0.25) is 0 Å². The molecule has 1 fully saturated rings. The molecule has 0 bridgehead atoms. The molecule has 1 aliphatic rings. The number of hydrogen-bond donors (Lipinski definition) is 1. The van der Waals surface area contributed by atoms with Gasteiger partial charge in [0.1, 0.15) is 0 Å². The molecule has 14 heavy (non-hydrogen) atoms. The van der Waals surface area contributed by atoms with E-state index in [1.54, 1.807) is 0 Å². The van der Waals surface area contributed by atoms with Gasteiger partial charge in [-0.25, -0.2) is 0 Å². The second-order valence-electron chi connectivity index (χ2n) is 4.94. The summed E-state index contributed by atoms with van der Waals surface area (Å²) in [5.74, 6) is 0. The second kappa shape index (κ2) is 5.72. The van der Waals surface area contributed by atoms with Crippen molar-refractivity contribution < 1.29 is 5.11 Å². The van der Waals surface area contributed by atoms with E-state index in [0.29, 0.717) is 0 Å². The van der Waals surface area contributed by atoms with Gasteiger partial charge in [0.05, 0.1) is 5.60 Å². The third-order valence-electron chi connectivity index (χ3n) is 3.11. The summed E-state index contributed by atoms with van der Waals surface area (Å²) in [6.45, 7) is 7.34. The Morgan fingerprint density at radius 2 is 1.93 bits per heavy atom. The maximum atomic E-state index is 9.76. The van der Waals surface area contributed by atoms with Gasteiger partial charge >= 0.3 is 0 Å². The predicted octanol–water partition coefficient (Wildman–Crippen LogP) is 2.41. The van der Waals surface area contributed by atoms with Crippen LogP contribution in [0.3, 0.4) is 0 Å². The first-order chi connectivity index (χ1) is 6.64. The summed E-state index contributed by atoms with van der Waals surface area (Å²) >= 11 is 0. The Morgan fingerprint density at radius 3 is 2.50 bits per heavy atom. The normalized spacial score (nSPS) is 28.5. The summed E-state index contributed by atoms with van der Waals surface area (Å²) in [4.78, 5) is 2.39. The summed E-state index contributed by atoms with van der Waals surface area (Å²) in [7, 11) is 0. The van der Waals surface area contributed by atoms with Crippen molar-refractivity contribution >= 4 is 0 Å². The molecule has 1 atom stereocenters. The topological polar surface area (TPSA) is 23.5 Å². The molecule has 0 aliphatic carbocycles. The zero-order chi connectivity index (χ0) is 10.4. The van der Waals surface area contributed by atoms with Crippen LogP contribution >= 0.6 is 0 Å². The van der Waals surface area contributed by atoms with Crippen LogP contribution in [0.4, 0.5) is 0 Å². The lowest BCUT2D eigenvalue weighted by Crippen LogP contribution is -2.30. The van der Waals surface area contributed by atoms with Gasteiger partial charge in [-0.05, 0) is 26.3 Å². The van der Waals surface area contributed by atoms with Crippen LogP contribution in [-0.2, 0) is 0 Å². The molecule has 1 N–H and O–H groups in total. The quantitative estimate of drug-likeness (QED) is 0.664. The molecular weight excluding hydrogens is 174 g/mol. The summed E-state index contributed by atoms with van der Waals surface area (Å²) in [6, 6.07) is 0. The molecule has 0 aromatic carbocycles. The van der Waals surface area contributed by atoms with Crippen LogP contribution in [0, 0.1) is 0 Å². The summed E-state index contributed by atoms with van der Waals surface area (Å²) < 4.78 is 0. The molecule has 84 valence electrons. The van der Waals surface area contributed by atoms with Crippen molar-refractivity contribution in [2.75, 3.05) is 19.6 Å². The Labute approximate surface area is 88.3 Å². The van der Waals surface area contributed by atoms with Crippen LogP contribution in [0.2, 0.25) is 0 Å². The molecular formula is C12H25NO. The van der Waals surface area contributed by atoms with Crippen molar-refractivity contribution in [2.24, 2.45) is 0 Å². The van der Waals surface area contributed by atoms with Gasteiger partial charge < -0.3 is 10.0 Å². The molecule has 0 spiro atoms. The van der Waals surface area contributed by atoms with E-state index in [1.807, 2.05) is 6.92 Å². The average Bonchev–Trinajstić information content (AvgIpc) is 2.45.